The fraction of sp³-hybridized carbons (Fsp3) is 0.333. The Balaban J connectivity index is 2.08. The molecule has 0 aliphatic carbocycles. The van der Waals surface area contributed by atoms with Gasteiger partial charge in [0.05, 0.1) is 18.9 Å². The summed E-state index contributed by atoms with van der Waals surface area (Å²) in [4.78, 5) is 15.6. The first kappa shape index (κ1) is 14.8. The standard InChI is InChI=1S/C12H14BrN3O4/c13-8-1-3-9(4-2-8)15-16-10-11(19)20-7-12(5-17,6-18)14-10/h1-4,15,17-18H,5-7H2,(H,14,16). The van der Waals surface area contributed by atoms with Crippen molar-refractivity contribution >= 4 is 33.4 Å². The summed E-state index contributed by atoms with van der Waals surface area (Å²) in [6.07, 6.45) is 0. The van der Waals surface area contributed by atoms with Gasteiger partial charge < -0.3 is 14.9 Å². The second kappa shape index (κ2) is 6.21. The third-order valence-electron chi connectivity index (χ3n) is 2.77. The lowest BCUT2D eigenvalue weighted by atomic mass is 10.0. The van der Waals surface area contributed by atoms with Crippen molar-refractivity contribution in [2.24, 2.45) is 4.99 Å². The quantitative estimate of drug-likeness (QED) is 0.455. The van der Waals surface area contributed by atoms with Crippen molar-refractivity contribution in [1.82, 2.24) is 5.43 Å². The number of ether oxygens (including phenoxy) is 1. The topological polar surface area (TPSA) is 103 Å². The van der Waals surface area contributed by atoms with Gasteiger partial charge in [0.2, 0.25) is 5.84 Å². The monoisotopic (exact) mass is 343 g/mol. The number of cyclic esters (lactones) is 1. The van der Waals surface area contributed by atoms with Crippen LogP contribution >= 0.6 is 15.9 Å². The number of hydrazine groups is 1. The Labute approximate surface area is 123 Å². The van der Waals surface area contributed by atoms with Crippen LogP contribution in [0.4, 0.5) is 5.69 Å². The van der Waals surface area contributed by atoms with Crippen molar-refractivity contribution in [3.63, 3.8) is 0 Å². The van der Waals surface area contributed by atoms with E-state index in [4.69, 9.17) is 4.74 Å². The highest BCUT2D eigenvalue weighted by molar-refractivity contribution is 9.10. The zero-order valence-electron chi connectivity index (χ0n) is 10.5. The van der Waals surface area contributed by atoms with E-state index < -0.39 is 24.7 Å². The lowest BCUT2D eigenvalue weighted by Gasteiger charge is -2.29. The van der Waals surface area contributed by atoms with Crippen LogP contribution in [0.1, 0.15) is 0 Å². The van der Waals surface area contributed by atoms with Crippen LogP contribution in [0.2, 0.25) is 0 Å². The number of nitrogens with zero attached hydrogens (tertiary/aromatic N) is 1. The lowest BCUT2D eigenvalue weighted by molar-refractivity contribution is -0.140. The van der Waals surface area contributed by atoms with Crippen LogP contribution in [0.25, 0.3) is 0 Å². The Hall–Kier alpha value is -1.64. The summed E-state index contributed by atoms with van der Waals surface area (Å²) in [6, 6.07) is 7.24. The number of rotatable bonds is 4. The number of amidine groups is 1. The summed E-state index contributed by atoms with van der Waals surface area (Å²) in [5.74, 6) is -0.741. The Morgan fingerprint density at radius 1 is 1.25 bits per heavy atom. The first-order valence-electron chi connectivity index (χ1n) is 5.85. The molecule has 0 atom stereocenters. The average Bonchev–Trinajstić information content (AvgIpc) is 2.48. The average molecular weight is 344 g/mol. The van der Waals surface area contributed by atoms with E-state index in [0.29, 0.717) is 5.69 Å². The highest BCUT2D eigenvalue weighted by Crippen LogP contribution is 2.16. The Kier molecular flexibility index (Phi) is 4.58. The largest absolute Gasteiger partial charge is 0.457 e. The number of hydrogen-bond acceptors (Lipinski definition) is 7. The van der Waals surface area contributed by atoms with Gasteiger partial charge in [-0.25, -0.2) is 9.79 Å². The molecule has 0 saturated carbocycles. The predicted molar refractivity (Wildman–Crippen MR) is 76.2 cm³/mol. The van der Waals surface area contributed by atoms with E-state index in [9.17, 15) is 15.0 Å². The number of esters is 1. The van der Waals surface area contributed by atoms with Gasteiger partial charge in [0.15, 0.2) is 0 Å². The summed E-state index contributed by atoms with van der Waals surface area (Å²) < 4.78 is 5.82. The van der Waals surface area contributed by atoms with Gasteiger partial charge in [-0.05, 0) is 24.3 Å². The molecule has 0 fully saturated rings. The molecule has 1 aliphatic heterocycles. The number of benzene rings is 1. The SMILES string of the molecule is O=C1OCC(CO)(CO)N=C1NNc1ccc(Br)cc1. The number of hydrogen-bond donors (Lipinski definition) is 4. The molecule has 1 heterocycles. The van der Waals surface area contributed by atoms with E-state index in [-0.39, 0.29) is 12.4 Å². The van der Waals surface area contributed by atoms with Gasteiger partial charge in [0.1, 0.15) is 12.1 Å². The van der Waals surface area contributed by atoms with E-state index in [0.717, 1.165) is 4.47 Å². The van der Waals surface area contributed by atoms with Crippen molar-refractivity contribution in [2.75, 3.05) is 25.2 Å². The summed E-state index contributed by atoms with van der Waals surface area (Å²) in [7, 11) is 0. The maximum Gasteiger partial charge on any atom is 0.375 e. The number of anilines is 1. The summed E-state index contributed by atoms with van der Waals surface area (Å²) >= 11 is 3.31. The second-order valence-electron chi connectivity index (χ2n) is 4.33. The molecular formula is C12H14BrN3O4. The third kappa shape index (κ3) is 3.27. The van der Waals surface area contributed by atoms with Gasteiger partial charge >= 0.3 is 5.97 Å². The van der Waals surface area contributed by atoms with Crippen molar-refractivity contribution in [3.05, 3.63) is 28.7 Å². The molecule has 8 heteroatoms. The first-order valence-corrected chi connectivity index (χ1v) is 6.64. The molecule has 0 amide bonds. The maximum absolute atomic E-state index is 11.6. The van der Waals surface area contributed by atoms with E-state index in [1.54, 1.807) is 12.1 Å². The molecule has 0 aromatic heterocycles. The predicted octanol–water partition coefficient (Wildman–Crippen LogP) is 0.0443. The minimum atomic E-state index is -1.20. The summed E-state index contributed by atoms with van der Waals surface area (Å²) in [5.41, 5.74) is 4.93. The molecule has 1 aromatic rings. The fourth-order valence-electron chi connectivity index (χ4n) is 1.54. The molecule has 2 rings (SSSR count). The van der Waals surface area contributed by atoms with Crippen LogP contribution in [-0.4, -0.2) is 47.4 Å². The molecular weight excluding hydrogens is 330 g/mol. The van der Waals surface area contributed by atoms with Crippen molar-refractivity contribution < 1.29 is 19.7 Å². The highest BCUT2D eigenvalue weighted by atomic mass is 79.9. The molecule has 0 spiro atoms. The number of aliphatic hydroxyl groups excluding tert-OH is 2. The summed E-state index contributed by atoms with van der Waals surface area (Å²) in [6.45, 7) is -0.983. The lowest BCUT2D eigenvalue weighted by Crippen LogP contribution is -2.51. The molecule has 7 nitrogen and oxygen atoms in total. The zero-order valence-corrected chi connectivity index (χ0v) is 12.1. The minimum absolute atomic E-state index is 0.0951. The van der Waals surface area contributed by atoms with Gasteiger partial charge in [-0.15, -0.1) is 0 Å². The first-order chi connectivity index (χ1) is 9.58. The zero-order chi connectivity index (χ0) is 14.6. The molecule has 1 aromatic carbocycles. The Morgan fingerprint density at radius 2 is 1.90 bits per heavy atom. The molecule has 108 valence electrons. The van der Waals surface area contributed by atoms with Gasteiger partial charge in [-0.2, -0.15) is 0 Å². The molecule has 4 N–H and O–H groups in total. The van der Waals surface area contributed by atoms with Crippen LogP contribution in [0.15, 0.2) is 33.7 Å². The number of halogens is 1. The van der Waals surface area contributed by atoms with E-state index >= 15 is 0 Å². The van der Waals surface area contributed by atoms with E-state index in [1.165, 1.54) is 0 Å². The number of carbonyl (C=O) groups excluding carboxylic acids is 1. The van der Waals surface area contributed by atoms with Crippen molar-refractivity contribution in [1.29, 1.82) is 0 Å². The molecule has 1 aliphatic rings. The minimum Gasteiger partial charge on any atom is -0.457 e. The van der Waals surface area contributed by atoms with Crippen LogP contribution in [0.5, 0.6) is 0 Å². The van der Waals surface area contributed by atoms with Crippen molar-refractivity contribution in [3.8, 4) is 0 Å². The van der Waals surface area contributed by atoms with Crippen LogP contribution in [0, 0.1) is 0 Å². The smallest absolute Gasteiger partial charge is 0.375 e. The third-order valence-corrected chi connectivity index (χ3v) is 3.30. The van der Waals surface area contributed by atoms with E-state index in [1.807, 2.05) is 12.1 Å². The number of aliphatic imine (C=N–C) groups is 1. The second-order valence-corrected chi connectivity index (χ2v) is 5.25. The number of aliphatic hydroxyl groups is 2. The maximum atomic E-state index is 11.6. The Morgan fingerprint density at radius 3 is 2.50 bits per heavy atom. The molecule has 0 unspecified atom stereocenters. The van der Waals surface area contributed by atoms with Gasteiger partial charge in [0, 0.05) is 4.47 Å². The Bertz CT molecular complexity index is 514. The van der Waals surface area contributed by atoms with Gasteiger partial charge in [-0.3, -0.25) is 10.9 Å². The van der Waals surface area contributed by atoms with Crippen molar-refractivity contribution in [2.45, 2.75) is 5.54 Å². The van der Waals surface area contributed by atoms with E-state index in [2.05, 4.69) is 31.8 Å². The number of nitrogens with one attached hydrogen (secondary N) is 2. The van der Waals surface area contributed by atoms with Gasteiger partial charge in [0.25, 0.3) is 0 Å². The summed E-state index contributed by atoms with van der Waals surface area (Å²) in [5, 5.41) is 18.5. The molecule has 0 radical (unpaired) electrons. The van der Waals surface area contributed by atoms with Crippen LogP contribution < -0.4 is 10.9 Å². The highest BCUT2D eigenvalue weighted by Gasteiger charge is 2.36. The molecule has 20 heavy (non-hydrogen) atoms. The van der Waals surface area contributed by atoms with Crippen LogP contribution in [0.3, 0.4) is 0 Å². The van der Waals surface area contributed by atoms with Crippen LogP contribution in [-0.2, 0) is 9.53 Å². The fourth-order valence-corrected chi connectivity index (χ4v) is 1.80. The van der Waals surface area contributed by atoms with Gasteiger partial charge in [-0.1, -0.05) is 15.9 Å². The molecule has 0 bridgehead atoms. The normalized spacial score (nSPS) is 17.1. The molecule has 0 saturated heterocycles. The number of carbonyl (C=O) groups is 1.